The van der Waals surface area contributed by atoms with Crippen LogP contribution >= 0.6 is 0 Å². The monoisotopic (exact) mass is 792 g/mol. The van der Waals surface area contributed by atoms with E-state index in [4.69, 9.17) is 9.98 Å². The quantitative estimate of drug-likeness (QED) is 0.182. The topological polar surface area (TPSA) is 40.0 Å². The van der Waals surface area contributed by atoms with Gasteiger partial charge in [0.2, 0.25) is 0 Å². The fraction of sp³-hybridized carbons (Fsp3) is 0.0345. The van der Waals surface area contributed by atoms with Gasteiger partial charge in [-0.3, -0.25) is 0 Å². The third kappa shape index (κ3) is 5.68. The molecule has 9 aromatic carbocycles. The number of benzene rings is 9. The summed E-state index contributed by atoms with van der Waals surface area (Å²) < 4.78 is 0. The third-order valence-corrected chi connectivity index (χ3v) is 12.8. The summed E-state index contributed by atoms with van der Waals surface area (Å²) in [5.41, 5.74) is 18.7. The first-order chi connectivity index (χ1) is 30.7. The Morgan fingerprint density at radius 2 is 0.790 bits per heavy atom. The van der Waals surface area contributed by atoms with Gasteiger partial charge in [-0.2, -0.15) is 0 Å². The van der Waals surface area contributed by atoms with Crippen LogP contribution in [0.15, 0.2) is 241 Å². The van der Waals surface area contributed by atoms with E-state index < -0.39 is 5.41 Å². The Labute approximate surface area is 361 Å². The van der Waals surface area contributed by atoms with Crippen LogP contribution < -0.4 is 10.2 Å². The van der Waals surface area contributed by atoms with Crippen molar-refractivity contribution in [2.75, 3.05) is 4.90 Å². The number of aliphatic imine (C=N–C) groups is 2. The highest BCUT2D eigenvalue weighted by molar-refractivity contribution is 6.16. The van der Waals surface area contributed by atoms with Gasteiger partial charge in [-0.25, -0.2) is 9.98 Å². The maximum Gasteiger partial charge on any atom is 0.169 e. The zero-order chi connectivity index (χ0) is 41.0. The Hall–Kier alpha value is -8.08. The predicted molar refractivity (Wildman–Crippen MR) is 255 cm³/mol. The molecular weight excluding hydrogens is 753 g/mol. The molecule has 0 radical (unpaired) electrons. The van der Waals surface area contributed by atoms with E-state index in [1.54, 1.807) is 0 Å². The largest absolute Gasteiger partial charge is 0.324 e. The number of hydrogen-bond acceptors (Lipinski definition) is 4. The number of fused-ring (bicyclic) bond motifs is 9. The summed E-state index contributed by atoms with van der Waals surface area (Å²) in [6, 6.07) is 83.1. The molecule has 0 fully saturated rings. The molecule has 3 aliphatic rings. The molecule has 1 aliphatic carbocycles. The molecule has 0 bridgehead atoms. The highest BCUT2D eigenvalue weighted by Gasteiger charge is 2.51. The lowest BCUT2D eigenvalue weighted by Gasteiger charge is -2.45. The molecular formula is C58H40N4. The van der Waals surface area contributed by atoms with E-state index in [-0.39, 0.29) is 6.17 Å². The van der Waals surface area contributed by atoms with Crippen LogP contribution in [0.1, 0.15) is 45.1 Å². The van der Waals surface area contributed by atoms with Crippen molar-refractivity contribution in [3.8, 4) is 33.4 Å². The van der Waals surface area contributed by atoms with E-state index in [0.29, 0.717) is 0 Å². The minimum Gasteiger partial charge on any atom is -0.324 e. The van der Waals surface area contributed by atoms with Crippen molar-refractivity contribution in [2.24, 2.45) is 9.98 Å². The van der Waals surface area contributed by atoms with Gasteiger partial charge >= 0.3 is 0 Å². The molecule has 9 aromatic rings. The van der Waals surface area contributed by atoms with Gasteiger partial charge in [-0.15, -0.1) is 0 Å². The van der Waals surface area contributed by atoms with Crippen LogP contribution in [0, 0.1) is 0 Å². The normalized spacial score (nSPS) is 15.4. The molecule has 0 saturated heterocycles. The molecule has 4 nitrogen and oxygen atoms in total. The number of hydrogen-bond donors (Lipinski definition) is 1. The summed E-state index contributed by atoms with van der Waals surface area (Å²) in [5.74, 6) is 1.62. The maximum atomic E-state index is 5.07. The summed E-state index contributed by atoms with van der Waals surface area (Å²) in [5, 5.41) is 3.53. The van der Waals surface area contributed by atoms with Gasteiger partial charge in [0.05, 0.1) is 16.8 Å². The summed E-state index contributed by atoms with van der Waals surface area (Å²) in [4.78, 5) is 12.5. The predicted octanol–water partition coefficient (Wildman–Crippen LogP) is 13.7. The van der Waals surface area contributed by atoms with Crippen molar-refractivity contribution >= 4 is 28.7 Å². The van der Waals surface area contributed by atoms with Crippen molar-refractivity contribution in [3.63, 3.8) is 0 Å². The summed E-state index contributed by atoms with van der Waals surface area (Å²) in [7, 11) is 0. The average Bonchev–Trinajstić information content (AvgIpc) is 3.65. The van der Waals surface area contributed by atoms with E-state index in [2.05, 4.69) is 204 Å². The number of anilines is 3. The van der Waals surface area contributed by atoms with E-state index in [9.17, 15) is 0 Å². The van der Waals surface area contributed by atoms with Crippen molar-refractivity contribution in [1.82, 2.24) is 5.32 Å². The highest BCUT2D eigenvalue weighted by atomic mass is 15.2. The summed E-state index contributed by atoms with van der Waals surface area (Å²) in [6.07, 6.45) is -0.329. The average molecular weight is 793 g/mol. The standard InChI is InChI=1S/C58H40N4/c1-4-16-42(17-5-1)55-59-56(43-18-6-2-7-19-43)61-57(60-55)44-34-32-40(33-35-44)39-28-30-41(31-29-39)45-36-37-48-47-22-10-11-23-49(47)58(52(48)38-45)50-24-12-14-26-53(50)62(46-20-8-3-9-21-46)54-27-15-13-25-51(54)58/h1-38,55H,(H,59,60,61). The van der Waals surface area contributed by atoms with Crippen LogP contribution in [0.4, 0.5) is 17.1 Å². The van der Waals surface area contributed by atoms with Crippen molar-refractivity contribution < 1.29 is 0 Å². The molecule has 1 atom stereocenters. The van der Waals surface area contributed by atoms with Crippen LogP contribution in [0.5, 0.6) is 0 Å². The van der Waals surface area contributed by atoms with Crippen molar-refractivity contribution in [2.45, 2.75) is 11.6 Å². The zero-order valence-corrected chi connectivity index (χ0v) is 33.9. The Kier molecular flexibility index (Phi) is 8.42. The molecule has 2 aliphatic heterocycles. The van der Waals surface area contributed by atoms with Gasteiger partial charge in [-0.1, -0.05) is 200 Å². The van der Waals surface area contributed by atoms with Crippen LogP contribution in [-0.4, -0.2) is 11.7 Å². The number of para-hydroxylation sites is 3. The lowest BCUT2D eigenvalue weighted by Crippen LogP contribution is -2.36. The smallest absolute Gasteiger partial charge is 0.169 e. The molecule has 0 amide bonds. The fourth-order valence-electron chi connectivity index (χ4n) is 9.93. The first-order valence-electron chi connectivity index (χ1n) is 21.3. The lowest BCUT2D eigenvalue weighted by molar-refractivity contribution is 0.753. The van der Waals surface area contributed by atoms with E-state index in [1.165, 1.54) is 55.9 Å². The maximum absolute atomic E-state index is 5.07. The molecule has 1 spiro atoms. The Balaban J connectivity index is 0.902. The molecule has 62 heavy (non-hydrogen) atoms. The zero-order valence-electron chi connectivity index (χ0n) is 33.9. The van der Waals surface area contributed by atoms with Gasteiger partial charge in [0.15, 0.2) is 6.17 Å². The number of amidine groups is 2. The van der Waals surface area contributed by atoms with Gasteiger partial charge in [0.1, 0.15) is 11.7 Å². The molecule has 292 valence electrons. The van der Waals surface area contributed by atoms with Gasteiger partial charge in [0.25, 0.3) is 0 Å². The second kappa shape index (κ2) is 14.6. The number of nitrogens with one attached hydrogen (secondary N) is 1. The molecule has 1 N–H and O–H groups in total. The molecule has 1 unspecified atom stereocenters. The Morgan fingerprint density at radius 3 is 1.40 bits per heavy atom. The lowest BCUT2D eigenvalue weighted by atomic mass is 9.64. The molecule has 0 aromatic heterocycles. The van der Waals surface area contributed by atoms with Crippen LogP contribution in [0.2, 0.25) is 0 Å². The van der Waals surface area contributed by atoms with E-state index >= 15 is 0 Å². The van der Waals surface area contributed by atoms with Crippen LogP contribution in [0.25, 0.3) is 33.4 Å². The first-order valence-corrected chi connectivity index (χ1v) is 21.3. The molecule has 2 heterocycles. The molecule has 4 heteroatoms. The van der Waals surface area contributed by atoms with Crippen LogP contribution in [0.3, 0.4) is 0 Å². The Morgan fingerprint density at radius 1 is 0.355 bits per heavy atom. The summed E-state index contributed by atoms with van der Waals surface area (Å²) in [6.45, 7) is 0. The second-order valence-corrected chi connectivity index (χ2v) is 16.1. The number of nitrogens with zero attached hydrogens (tertiary/aromatic N) is 3. The first kappa shape index (κ1) is 35.8. The van der Waals surface area contributed by atoms with E-state index in [0.717, 1.165) is 45.2 Å². The van der Waals surface area contributed by atoms with Crippen molar-refractivity contribution in [1.29, 1.82) is 0 Å². The van der Waals surface area contributed by atoms with Gasteiger partial charge < -0.3 is 10.2 Å². The van der Waals surface area contributed by atoms with Crippen molar-refractivity contribution in [3.05, 3.63) is 269 Å². The second-order valence-electron chi connectivity index (χ2n) is 16.1. The minimum atomic E-state index is -0.492. The minimum absolute atomic E-state index is 0.329. The number of rotatable bonds is 6. The SMILES string of the molecule is c1ccc(C2=NC(c3ccccc3)N=C(c3ccc(-c4ccc(-c5ccc6c(c5)C5(c7ccccc7-6)c6ccccc6N(c6ccccc6)c6ccccc65)cc4)cc3)N2)cc1. The summed E-state index contributed by atoms with van der Waals surface area (Å²) >= 11 is 0. The van der Waals surface area contributed by atoms with Gasteiger partial charge in [-0.05, 0) is 91.5 Å². The van der Waals surface area contributed by atoms with Gasteiger partial charge in [0, 0.05) is 16.8 Å². The Bertz CT molecular complexity index is 3140. The highest BCUT2D eigenvalue weighted by Crippen LogP contribution is 2.63. The molecule has 0 saturated carbocycles. The fourth-order valence-corrected chi connectivity index (χ4v) is 9.93. The van der Waals surface area contributed by atoms with Crippen LogP contribution in [-0.2, 0) is 5.41 Å². The third-order valence-electron chi connectivity index (χ3n) is 12.8. The van der Waals surface area contributed by atoms with E-state index in [1.807, 2.05) is 36.4 Å². The molecule has 12 rings (SSSR count).